The number of aromatic nitrogens is 3. The lowest BCUT2D eigenvalue weighted by molar-refractivity contribution is 0.320. The Morgan fingerprint density at radius 2 is 2.40 bits per heavy atom. The summed E-state index contributed by atoms with van der Waals surface area (Å²) in [5.74, 6) is 0.641. The van der Waals surface area contributed by atoms with Crippen LogP contribution < -0.4 is 5.32 Å². The Bertz CT molecular complexity index is 303. The second-order valence-electron chi connectivity index (χ2n) is 4.73. The van der Waals surface area contributed by atoms with Gasteiger partial charge in [0.2, 0.25) is 0 Å². The fourth-order valence-electron chi connectivity index (χ4n) is 1.90. The third-order valence-corrected chi connectivity index (χ3v) is 3.07. The van der Waals surface area contributed by atoms with E-state index in [-0.39, 0.29) is 0 Å². The molecule has 1 heterocycles. The van der Waals surface area contributed by atoms with E-state index in [9.17, 15) is 0 Å². The molecule has 1 aliphatic carbocycles. The van der Waals surface area contributed by atoms with Crippen LogP contribution in [0.4, 0.5) is 0 Å². The summed E-state index contributed by atoms with van der Waals surface area (Å²) in [5, 5.41) is 11.6. The van der Waals surface area contributed by atoms with Gasteiger partial charge in [0.25, 0.3) is 0 Å². The molecule has 0 bridgehead atoms. The highest BCUT2D eigenvalue weighted by Gasteiger charge is 2.17. The fraction of sp³-hybridized carbons (Fsp3) is 0.818. The van der Waals surface area contributed by atoms with Gasteiger partial charge in [0.05, 0.1) is 5.69 Å². The summed E-state index contributed by atoms with van der Waals surface area (Å²) in [6.45, 7) is 3.36. The zero-order valence-corrected chi connectivity index (χ0v) is 9.61. The average Bonchev–Trinajstić information content (AvgIpc) is 2.48. The van der Waals surface area contributed by atoms with Crippen molar-refractivity contribution < 1.29 is 0 Å². The first-order chi connectivity index (χ1) is 7.24. The van der Waals surface area contributed by atoms with Gasteiger partial charge in [0, 0.05) is 19.3 Å². The zero-order valence-electron chi connectivity index (χ0n) is 9.61. The van der Waals surface area contributed by atoms with E-state index in [1.807, 2.05) is 13.2 Å². The summed E-state index contributed by atoms with van der Waals surface area (Å²) in [5.41, 5.74) is 1.10. The molecule has 1 unspecified atom stereocenters. The monoisotopic (exact) mass is 208 g/mol. The molecular formula is C11H20N4. The van der Waals surface area contributed by atoms with E-state index in [0.717, 1.165) is 24.7 Å². The third kappa shape index (κ3) is 3.02. The van der Waals surface area contributed by atoms with Crippen LogP contribution >= 0.6 is 0 Å². The van der Waals surface area contributed by atoms with Gasteiger partial charge in [0.1, 0.15) is 0 Å². The first-order valence-corrected chi connectivity index (χ1v) is 5.82. The van der Waals surface area contributed by atoms with E-state index in [0.29, 0.717) is 5.92 Å². The number of rotatable bonds is 5. The molecule has 1 aromatic rings. The predicted molar refractivity (Wildman–Crippen MR) is 59.5 cm³/mol. The molecule has 1 N–H and O–H groups in total. The number of hydrogen-bond acceptors (Lipinski definition) is 3. The van der Waals surface area contributed by atoms with Crippen LogP contribution in [0.3, 0.4) is 0 Å². The van der Waals surface area contributed by atoms with E-state index in [2.05, 4.69) is 22.6 Å². The first-order valence-electron chi connectivity index (χ1n) is 5.82. The molecular weight excluding hydrogens is 188 g/mol. The highest BCUT2D eigenvalue weighted by atomic mass is 15.4. The molecule has 0 saturated heterocycles. The maximum absolute atomic E-state index is 4.10. The minimum Gasteiger partial charge on any atom is -0.314 e. The first kappa shape index (κ1) is 10.6. The van der Waals surface area contributed by atoms with Gasteiger partial charge in [-0.15, -0.1) is 5.10 Å². The average molecular weight is 208 g/mol. The standard InChI is InChI=1S/C11H20N4/c1-9(7-12-10-4-3-5-10)6-11-8-15(2)14-13-11/h8-10,12H,3-7H2,1-2H3. The Morgan fingerprint density at radius 3 is 2.93 bits per heavy atom. The third-order valence-electron chi connectivity index (χ3n) is 3.07. The van der Waals surface area contributed by atoms with Crippen molar-refractivity contribution >= 4 is 0 Å². The van der Waals surface area contributed by atoms with Crippen molar-refractivity contribution in [3.63, 3.8) is 0 Å². The second kappa shape index (κ2) is 4.75. The number of hydrogen-bond donors (Lipinski definition) is 1. The second-order valence-corrected chi connectivity index (χ2v) is 4.73. The van der Waals surface area contributed by atoms with Crippen LogP contribution in [-0.2, 0) is 13.5 Å². The molecule has 4 nitrogen and oxygen atoms in total. The van der Waals surface area contributed by atoms with E-state index in [1.165, 1.54) is 19.3 Å². The van der Waals surface area contributed by atoms with E-state index in [4.69, 9.17) is 0 Å². The van der Waals surface area contributed by atoms with Crippen molar-refractivity contribution in [1.82, 2.24) is 20.3 Å². The molecule has 1 aliphatic rings. The lowest BCUT2D eigenvalue weighted by Crippen LogP contribution is -2.38. The van der Waals surface area contributed by atoms with Crippen molar-refractivity contribution in [2.45, 2.75) is 38.6 Å². The molecule has 15 heavy (non-hydrogen) atoms. The van der Waals surface area contributed by atoms with Gasteiger partial charge in [-0.25, -0.2) is 0 Å². The van der Waals surface area contributed by atoms with Gasteiger partial charge in [-0.1, -0.05) is 18.6 Å². The van der Waals surface area contributed by atoms with Crippen molar-refractivity contribution in [1.29, 1.82) is 0 Å². The molecule has 1 atom stereocenters. The van der Waals surface area contributed by atoms with E-state index < -0.39 is 0 Å². The van der Waals surface area contributed by atoms with Crippen molar-refractivity contribution in [3.05, 3.63) is 11.9 Å². The maximum Gasteiger partial charge on any atom is 0.0830 e. The number of nitrogens with one attached hydrogen (secondary N) is 1. The van der Waals surface area contributed by atoms with Crippen LogP contribution in [-0.4, -0.2) is 27.6 Å². The summed E-state index contributed by atoms with van der Waals surface area (Å²) in [4.78, 5) is 0. The van der Waals surface area contributed by atoms with Crippen LogP contribution in [0.1, 0.15) is 31.9 Å². The minimum absolute atomic E-state index is 0.641. The summed E-state index contributed by atoms with van der Waals surface area (Å²) in [6, 6.07) is 0.786. The van der Waals surface area contributed by atoms with Crippen LogP contribution in [0.25, 0.3) is 0 Å². The summed E-state index contributed by atoms with van der Waals surface area (Å²) in [7, 11) is 1.91. The summed E-state index contributed by atoms with van der Waals surface area (Å²) < 4.78 is 1.77. The molecule has 1 saturated carbocycles. The molecule has 0 aromatic carbocycles. The maximum atomic E-state index is 4.10. The van der Waals surface area contributed by atoms with Gasteiger partial charge >= 0.3 is 0 Å². The molecule has 0 spiro atoms. The molecule has 0 aliphatic heterocycles. The topological polar surface area (TPSA) is 42.7 Å². The lowest BCUT2D eigenvalue weighted by atomic mass is 9.92. The van der Waals surface area contributed by atoms with Gasteiger partial charge < -0.3 is 5.32 Å². The lowest BCUT2D eigenvalue weighted by Gasteiger charge is -2.27. The molecule has 1 fully saturated rings. The van der Waals surface area contributed by atoms with Gasteiger partial charge in [0.15, 0.2) is 0 Å². The molecule has 2 rings (SSSR count). The Hall–Kier alpha value is -0.900. The van der Waals surface area contributed by atoms with Crippen molar-refractivity contribution in [3.8, 4) is 0 Å². The largest absolute Gasteiger partial charge is 0.314 e. The summed E-state index contributed by atoms with van der Waals surface area (Å²) >= 11 is 0. The molecule has 4 heteroatoms. The Balaban J connectivity index is 1.69. The normalized spacial score (nSPS) is 18.8. The highest BCUT2D eigenvalue weighted by molar-refractivity contribution is 4.93. The smallest absolute Gasteiger partial charge is 0.0830 e. The Kier molecular flexibility index (Phi) is 3.36. The van der Waals surface area contributed by atoms with E-state index >= 15 is 0 Å². The predicted octanol–water partition coefficient (Wildman–Crippen LogP) is 1.14. The molecule has 84 valence electrons. The molecule has 0 radical (unpaired) electrons. The van der Waals surface area contributed by atoms with Crippen molar-refractivity contribution in [2.24, 2.45) is 13.0 Å². The fourth-order valence-corrected chi connectivity index (χ4v) is 1.90. The number of nitrogens with zero attached hydrogens (tertiary/aromatic N) is 3. The van der Waals surface area contributed by atoms with Crippen molar-refractivity contribution in [2.75, 3.05) is 6.54 Å². The van der Waals surface area contributed by atoms with Gasteiger partial charge in [-0.05, 0) is 31.7 Å². The van der Waals surface area contributed by atoms with Gasteiger partial charge in [-0.3, -0.25) is 4.68 Å². The van der Waals surface area contributed by atoms with Crippen LogP contribution in [0.15, 0.2) is 6.20 Å². The van der Waals surface area contributed by atoms with Crippen LogP contribution in [0.5, 0.6) is 0 Å². The summed E-state index contributed by atoms with van der Waals surface area (Å²) in [6.07, 6.45) is 7.14. The SMILES string of the molecule is CC(CNC1CCC1)Cc1cn(C)nn1. The highest BCUT2D eigenvalue weighted by Crippen LogP contribution is 2.18. The van der Waals surface area contributed by atoms with Crippen LogP contribution in [0.2, 0.25) is 0 Å². The zero-order chi connectivity index (χ0) is 10.7. The quantitative estimate of drug-likeness (QED) is 0.789. The van der Waals surface area contributed by atoms with Crippen LogP contribution in [0, 0.1) is 5.92 Å². The molecule has 1 aromatic heterocycles. The van der Waals surface area contributed by atoms with E-state index in [1.54, 1.807) is 4.68 Å². The van der Waals surface area contributed by atoms with Gasteiger partial charge in [-0.2, -0.15) is 0 Å². The minimum atomic E-state index is 0.641. The Morgan fingerprint density at radius 1 is 1.60 bits per heavy atom. The number of aryl methyl sites for hydroxylation is 1. The Labute approximate surface area is 91.1 Å². The molecule has 0 amide bonds.